The van der Waals surface area contributed by atoms with Crippen LogP contribution in [-0.4, -0.2) is 96.7 Å². The van der Waals surface area contributed by atoms with Crippen molar-refractivity contribution in [2.75, 3.05) is 39.6 Å². The standard InChI is InChI=1S/C66H128O17P2/c1-6-9-12-15-17-19-32-35-40-45-50-64(69)77-56-62(83-66(71)52-47-42-37-33-29-27-25-23-21-20-22-24-26-28-31-34-39-43-48-59(4)5)58-81-85(74,75)79-54-60(67)53-78-84(72,73)80-57-61(55-76-63(68)49-44-38-14-11-8-3)82-65(70)51-46-41-36-30-18-16-13-10-7-2/h59-62,67H,6-58H2,1-5H3,(H,72,73)(H,74,75)/t60-,61+,62+/m0/s1. The van der Waals surface area contributed by atoms with Gasteiger partial charge in [-0.25, -0.2) is 9.13 Å². The molecule has 0 radical (unpaired) electrons. The van der Waals surface area contributed by atoms with Crippen LogP contribution in [0.4, 0.5) is 0 Å². The summed E-state index contributed by atoms with van der Waals surface area (Å²) in [6.45, 7) is 7.13. The van der Waals surface area contributed by atoms with Crippen molar-refractivity contribution in [2.24, 2.45) is 5.92 Å². The summed E-state index contributed by atoms with van der Waals surface area (Å²) < 4.78 is 67.8. The second-order valence-corrected chi connectivity index (χ2v) is 27.2. The number of aliphatic hydroxyl groups excluding tert-OH is 1. The molecule has 0 aromatic carbocycles. The molecule has 0 rings (SSSR count). The van der Waals surface area contributed by atoms with Crippen LogP contribution in [0.15, 0.2) is 0 Å². The van der Waals surface area contributed by atoms with E-state index in [9.17, 15) is 43.2 Å². The summed E-state index contributed by atoms with van der Waals surface area (Å²) in [5, 5.41) is 10.5. The molecule has 0 saturated carbocycles. The minimum atomic E-state index is -4.94. The zero-order chi connectivity index (χ0) is 62.8. The summed E-state index contributed by atoms with van der Waals surface area (Å²) in [5.74, 6) is -1.32. The lowest BCUT2D eigenvalue weighted by atomic mass is 10.0. The van der Waals surface area contributed by atoms with Crippen LogP contribution in [0.2, 0.25) is 0 Å². The van der Waals surface area contributed by atoms with E-state index in [2.05, 4.69) is 34.6 Å². The zero-order valence-corrected chi connectivity index (χ0v) is 56.5. The number of aliphatic hydroxyl groups is 1. The van der Waals surface area contributed by atoms with Crippen molar-refractivity contribution in [3.8, 4) is 0 Å². The molecule has 0 aliphatic rings. The molecule has 0 fully saturated rings. The van der Waals surface area contributed by atoms with Crippen LogP contribution in [0, 0.1) is 5.92 Å². The predicted octanol–water partition coefficient (Wildman–Crippen LogP) is 18.6. The van der Waals surface area contributed by atoms with Crippen LogP contribution < -0.4 is 0 Å². The van der Waals surface area contributed by atoms with E-state index in [1.54, 1.807) is 0 Å². The fraction of sp³-hybridized carbons (Fsp3) is 0.939. The first-order chi connectivity index (χ1) is 41.0. The van der Waals surface area contributed by atoms with Gasteiger partial charge in [0.15, 0.2) is 12.2 Å². The summed E-state index contributed by atoms with van der Waals surface area (Å²) >= 11 is 0. The molecule has 504 valence electrons. The number of esters is 4. The highest BCUT2D eigenvalue weighted by molar-refractivity contribution is 7.47. The molecule has 0 aromatic rings. The maximum absolute atomic E-state index is 13.0. The smallest absolute Gasteiger partial charge is 0.462 e. The minimum absolute atomic E-state index is 0.105. The Morgan fingerprint density at radius 1 is 0.318 bits per heavy atom. The summed E-state index contributed by atoms with van der Waals surface area (Å²) in [4.78, 5) is 71.9. The van der Waals surface area contributed by atoms with Crippen molar-refractivity contribution < 1.29 is 80.2 Å². The van der Waals surface area contributed by atoms with E-state index in [1.807, 2.05) is 0 Å². The van der Waals surface area contributed by atoms with Crippen LogP contribution >= 0.6 is 15.6 Å². The largest absolute Gasteiger partial charge is 0.472 e. The van der Waals surface area contributed by atoms with Gasteiger partial charge in [0.2, 0.25) is 0 Å². The Bertz CT molecular complexity index is 1650. The monoisotopic (exact) mass is 1250 g/mol. The van der Waals surface area contributed by atoms with Gasteiger partial charge in [0.05, 0.1) is 26.4 Å². The third-order valence-electron chi connectivity index (χ3n) is 15.3. The molecule has 17 nitrogen and oxygen atoms in total. The van der Waals surface area contributed by atoms with Crippen molar-refractivity contribution in [3.05, 3.63) is 0 Å². The summed E-state index contributed by atoms with van der Waals surface area (Å²) in [6, 6.07) is 0. The molecule has 2 unspecified atom stereocenters. The summed E-state index contributed by atoms with van der Waals surface area (Å²) in [5.41, 5.74) is 0. The van der Waals surface area contributed by atoms with Crippen molar-refractivity contribution in [1.29, 1.82) is 0 Å². The van der Waals surface area contributed by atoms with Crippen LogP contribution in [0.25, 0.3) is 0 Å². The molecular weight excluding hydrogens is 1130 g/mol. The SMILES string of the molecule is CCCCCCCCCCCCC(=O)OC[C@H](COP(=O)(O)OC[C@@H](O)COP(=O)(O)OC[C@@H](COC(=O)CCCCCCC)OC(=O)CCCCCCCCCCC)OC(=O)CCCCCCCCCCCCCCCCCCCCC(C)C. The first-order valence-electron chi connectivity index (χ1n) is 34.6. The highest BCUT2D eigenvalue weighted by Crippen LogP contribution is 2.45. The number of carbonyl (C=O) groups is 4. The number of phosphoric ester groups is 2. The minimum Gasteiger partial charge on any atom is -0.462 e. The number of ether oxygens (including phenoxy) is 4. The van der Waals surface area contributed by atoms with Gasteiger partial charge in [0.25, 0.3) is 0 Å². The molecule has 0 aromatic heterocycles. The molecule has 0 aliphatic carbocycles. The van der Waals surface area contributed by atoms with Crippen LogP contribution in [-0.2, 0) is 65.4 Å². The van der Waals surface area contributed by atoms with Gasteiger partial charge in [-0.3, -0.25) is 37.3 Å². The maximum Gasteiger partial charge on any atom is 0.472 e. The van der Waals surface area contributed by atoms with Crippen molar-refractivity contribution in [2.45, 2.75) is 355 Å². The first-order valence-corrected chi connectivity index (χ1v) is 37.6. The molecular formula is C66H128O17P2. The number of phosphoric acid groups is 2. The number of carbonyl (C=O) groups excluding carboxylic acids is 4. The van der Waals surface area contributed by atoms with E-state index < -0.39 is 97.5 Å². The fourth-order valence-electron chi connectivity index (χ4n) is 9.94. The van der Waals surface area contributed by atoms with Gasteiger partial charge in [0, 0.05) is 25.7 Å². The summed E-state index contributed by atoms with van der Waals surface area (Å²) in [7, 11) is -9.87. The van der Waals surface area contributed by atoms with Crippen molar-refractivity contribution in [3.63, 3.8) is 0 Å². The lowest BCUT2D eigenvalue weighted by molar-refractivity contribution is -0.161. The van der Waals surface area contributed by atoms with Crippen molar-refractivity contribution in [1.82, 2.24) is 0 Å². The Kier molecular flexibility index (Phi) is 58.3. The maximum atomic E-state index is 13.0. The van der Waals surface area contributed by atoms with Gasteiger partial charge in [-0.2, -0.15) is 0 Å². The van der Waals surface area contributed by atoms with Gasteiger partial charge >= 0.3 is 39.5 Å². The van der Waals surface area contributed by atoms with Gasteiger partial charge < -0.3 is 33.8 Å². The van der Waals surface area contributed by atoms with E-state index in [1.165, 1.54) is 154 Å². The average Bonchev–Trinajstić information content (AvgIpc) is 3.53. The molecule has 0 bridgehead atoms. The molecule has 19 heteroatoms. The number of hydrogen-bond donors (Lipinski definition) is 3. The van der Waals surface area contributed by atoms with Crippen molar-refractivity contribution >= 4 is 39.5 Å². The van der Waals surface area contributed by atoms with E-state index in [0.29, 0.717) is 25.7 Å². The Hall–Kier alpha value is -1.94. The fourth-order valence-corrected chi connectivity index (χ4v) is 11.5. The lowest BCUT2D eigenvalue weighted by Crippen LogP contribution is -2.30. The predicted molar refractivity (Wildman–Crippen MR) is 340 cm³/mol. The summed E-state index contributed by atoms with van der Waals surface area (Å²) in [6.07, 6.45) is 44.9. The number of unbranched alkanes of at least 4 members (excludes halogenated alkanes) is 38. The molecule has 0 spiro atoms. The normalized spacial score (nSPS) is 14.2. The second-order valence-electron chi connectivity index (χ2n) is 24.3. The topological polar surface area (TPSA) is 237 Å². The molecule has 0 saturated heterocycles. The molecule has 5 atom stereocenters. The number of rotatable bonds is 66. The molecule has 85 heavy (non-hydrogen) atoms. The molecule has 0 amide bonds. The third-order valence-corrected chi connectivity index (χ3v) is 17.2. The zero-order valence-electron chi connectivity index (χ0n) is 54.7. The third kappa shape index (κ3) is 60.7. The van der Waals surface area contributed by atoms with E-state index in [4.69, 9.17) is 37.0 Å². The second kappa shape index (κ2) is 59.7. The van der Waals surface area contributed by atoms with Gasteiger partial charge in [-0.15, -0.1) is 0 Å². The van der Waals surface area contributed by atoms with Crippen LogP contribution in [0.3, 0.4) is 0 Å². The first kappa shape index (κ1) is 83.1. The number of hydrogen-bond acceptors (Lipinski definition) is 15. The quantitative estimate of drug-likeness (QED) is 0.0222. The van der Waals surface area contributed by atoms with Crippen LogP contribution in [0.5, 0.6) is 0 Å². The lowest BCUT2D eigenvalue weighted by Gasteiger charge is -2.21. The molecule has 0 heterocycles. The van der Waals surface area contributed by atoms with Gasteiger partial charge in [-0.05, 0) is 31.6 Å². The van der Waals surface area contributed by atoms with E-state index >= 15 is 0 Å². The highest BCUT2D eigenvalue weighted by atomic mass is 31.2. The molecule has 3 N–H and O–H groups in total. The highest BCUT2D eigenvalue weighted by Gasteiger charge is 2.30. The Morgan fingerprint density at radius 3 is 0.800 bits per heavy atom. The van der Waals surface area contributed by atoms with Gasteiger partial charge in [0.1, 0.15) is 19.3 Å². The Balaban J connectivity index is 5.06. The average molecular weight is 1260 g/mol. The Morgan fingerprint density at radius 2 is 0.541 bits per heavy atom. The Labute approximate surface area is 517 Å². The molecule has 0 aliphatic heterocycles. The van der Waals surface area contributed by atoms with Crippen LogP contribution in [0.1, 0.15) is 336 Å². The van der Waals surface area contributed by atoms with E-state index in [-0.39, 0.29) is 25.7 Å². The van der Waals surface area contributed by atoms with Gasteiger partial charge in [-0.1, -0.05) is 285 Å². The van der Waals surface area contributed by atoms with E-state index in [0.717, 1.165) is 102 Å².